The van der Waals surface area contributed by atoms with Crippen LogP contribution < -0.4 is 11.5 Å². The average molecular weight is 1860 g/mol. The van der Waals surface area contributed by atoms with Gasteiger partial charge in [-0.15, -0.1) is 0 Å². The van der Waals surface area contributed by atoms with E-state index in [1.165, 1.54) is 0 Å². The highest BCUT2D eigenvalue weighted by molar-refractivity contribution is 7.47. The fraction of sp³-hybridized carbons (Fsp3) is 0.984. The zero-order chi connectivity index (χ0) is 91.5. The zero-order valence-electron chi connectivity index (χ0n) is 63.9. The highest BCUT2D eigenvalue weighted by atomic mass is 31.2. The summed E-state index contributed by atoms with van der Waals surface area (Å²) in [6.07, 6.45) is -115. The molecular weight excluding hydrogens is 1750 g/mol. The SMILES string of the molecule is NCCOP(=O)(O)O[C@H](CO)[C@H]1O[C@@](O)(C(=O)O)C[C@@H](OP(=O)(O)O)[C@H]1O[C@H]1O[C@H]([C@H](CO)O[C@H]2O[C@H](CO)[C@@H](O)[C@H](O)[C@H]2O)[C@@H](O[C@@H]2O[C@H](CO[C@]3(CO)O[C@H](CO)[C@@H](O)[C@@H]3O)[C@@H](O)[C@H](O)[C@H]2O)[C@H](O[C@H]2O[C@H]([C@H](CO)O[C@H]3O[C@H]([C@@H](O)CO)[C@@H](O)[C@H](O)[C@@H]3O)[C@@H](O)[C@H](O)[C@@H]2O[C@H]2O[C@H]([C@@H](O)CO[C@H]3O[C@H](CO)[C@@H](O)[C@H](O)[C@H]3N)[C@@H](O)[C@H](O)[C@@H]2O)[C@@H]1O. The number of carboxylic acids is 1. The minimum Gasteiger partial charge on any atom is -0.477 e. The van der Waals surface area contributed by atoms with Crippen molar-refractivity contribution in [3.63, 3.8) is 0 Å². The number of rotatable bonds is 39. The number of aliphatic hydroxyl groups is 30. The number of carbonyl (C=O) groups is 1. The Labute approximate surface area is 691 Å². The Morgan fingerprint density at radius 2 is 0.886 bits per heavy atom. The molecule has 9 aliphatic heterocycles. The molecule has 0 amide bonds. The number of hydrogen-bond donors (Lipinski definition) is 36. The van der Waals surface area contributed by atoms with Gasteiger partial charge in [0.1, 0.15) is 239 Å². The molecule has 0 spiro atoms. The summed E-state index contributed by atoms with van der Waals surface area (Å²) in [5.74, 6) is -9.14. The molecule has 0 aliphatic carbocycles. The van der Waals surface area contributed by atoms with Gasteiger partial charge in [0.2, 0.25) is 5.79 Å². The van der Waals surface area contributed by atoms with Crippen LogP contribution in [0.3, 0.4) is 0 Å². The molecule has 9 fully saturated rings. The molecule has 0 aromatic carbocycles. The Hall–Kier alpha value is -2.27. The second-order valence-corrected chi connectivity index (χ2v) is 32.6. The molecule has 49 atom stereocenters. The summed E-state index contributed by atoms with van der Waals surface area (Å²) in [7, 11) is -12.0. The summed E-state index contributed by atoms with van der Waals surface area (Å²) in [6, 6.07) is -1.67. The minimum atomic E-state index is -6.26. The number of aliphatic carboxylic acids is 1. The Balaban J connectivity index is 1.24. The third kappa shape index (κ3) is 23.2. The van der Waals surface area contributed by atoms with E-state index in [4.69, 9.17) is 106 Å². The van der Waals surface area contributed by atoms with E-state index < -0.39 is 401 Å². The maximum atomic E-state index is 13.5. The van der Waals surface area contributed by atoms with E-state index in [-0.39, 0.29) is 0 Å². The van der Waals surface area contributed by atoms with Gasteiger partial charge in [-0.25, -0.2) is 13.9 Å². The summed E-state index contributed by atoms with van der Waals surface area (Å²) in [4.78, 5) is 44.7. The lowest BCUT2D eigenvalue weighted by atomic mass is 9.91. The van der Waals surface area contributed by atoms with Crippen LogP contribution in [-0.2, 0) is 108 Å². The molecule has 0 saturated carbocycles. The summed E-state index contributed by atoms with van der Waals surface area (Å²) in [6.45, 7) is -14.9. The highest BCUT2D eigenvalue weighted by Crippen LogP contribution is 2.50. The van der Waals surface area contributed by atoms with Gasteiger partial charge in [0.15, 0.2) is 44.0 Å². The third-order valence-electron chi connectivity index (χ3n) is 21.7. The molecule has 9 rings (SSSR count). The molecule has 9 heterocycles. The number of aliphatic hydroxyl groups excluding tert-OH is 29. The Bertz CT molecular complexity index is 3340. The van der Waals surface area contributed by atoms with Gasteiger partial charge in [-0.05, 0) is 0 Å². The molecule has 1 unspecified atom stereocenters. The number of hydrogen-bond acceptors (Lipinski definition) is 55. The molecule has 9 aliphatic rings. The maximum Gasteiger partial charge on any atom is 0.472 e. The highest BCUT2D eigenvalue weighted by Gasteiger charge is 2.65. The van der Waals surface area contributed by atoms with Crippen LogP contribution in [0.1, 0.15) is 6.42 Å². The van der Waals surface area contributed by atoms with Gasteiger partial charge in [0.25, 0.3) is 5.79 Å². The summed E-state index contributed by atoms with van der Waals surface area (Å²) < 4.78 is 141. The summed E-state index contributed by atoms with van der Waals surface area (Å²) in [5.41, 5.74) is 11.4. The van der Waals surface area contributed by atoms with Crippen LogP contribution in [-0.4, -0.2) is 552 Å². The van der Waals surface area contributed by atoms with Gasteiger partial charge in [0.05, 0.1) is 72.1 Å². The fourth-order valence-corrected chi connectivity index (χ4v) is 16.4. The van der Waals surface area contributed by atoms with Crippen LogP contribution in [0.15, 0.2) is 0 Å². The smallest absolute Gasteiger partial charge is 0.472 e. The second kappa shape index (κ2) is 44.1. The third-order valence-corrected chi connectivity index (χ3v) is 23.3. The molecule has 0 radical (unpaired) electrons. The molecule has 38 N–H and O–H groups in total. The van der Waals surface area contributed by atoms with Crippen LogP contribution in [0.2, 0.25) is 0 Å². The number of phosphoric acid groups is 2. The molecule has 720 valence electrons. The van der Waals surface area contributed by atoms with Crippen molar-refractivity contribution < 1.29 is 281 Å². The Morgan fingerprint density at radius 1 is 0.439 bits per heavy atom. The van der Waals surface area contributed by atoms with Gasteiger partial charge in [-0.2, -0.15) is 0 Å². The van der Waals surface area contributed by atoms with E-state index in [1.807, 2.05) is 0 Å². The van der Waals surface area contributed by atoms with Crippen molar-refractivity contribution in [1.82, 2.24) is 0 Å². The first-order chi connectivity index (χ1) is 57.7. The van der Waals surface area contributed by atoms with Crippen molar-refractivity contribution in [3.05, 3.63) is 0 Å². The van der Waals surface area contributed by atoms with Crippen molar-refractivity contribution in [1.29, 1.82) is 0 Å². The second-order valence-electron chi connectivity index (χ2n) is 30.0. The lowest BCUT2D eigenvalue weighted by Gasteiger charge is -2.53. The zero-order valence-corrected chi connectivity index (χ0v) is 65.7. The molecule has 59 nitrogen and oxygen atoms in total. The lowest BCUT2D eigenvalue weighted by Crippen LogP contribution is -2.71. The first-order valence-electron chi connectivity index (χ1n) is 37.8. The normalized spacial score (nSPS) is 47.7. The van der Waals surface area contributed by atoms with Crippen molar-refractivity contribution in [2.45, 2.75) is 300 Å². The van der Waals surface area contributed by atoms with Crippen molar-refractivity contribution in [3.8, 4) is 0 Å². The summed E-state index contributed by atoms with van der Waals surface area (Å²) in [5, 5.41) is 346. The standard InChI is InChI=1S/C62H110N2O57P2/c63-1-2-104-123(100,101)121-22(10-71)48-46(16(120-122(97,98)99)3-61(96,119-48)60(94)95)113-58-42(92)49(51(47(114-58)21(9-70)108-54-38(88)30(80)26(76)18(6-67)106-54)117-56-39(89)31(81)27(77)23(109-56)12-103-62(13-72)52(93)28(78)19(7-68)118-62)115-59-50(37(87)36(86)45(112-59)20(8-69)107-55-40(90)32(82)34(84)43(110-55)14(73)4-65)116-57-41(91)33(83)35(85)44(111-57)15(74)11-102-53-24(64)29(79)25(75)17(5-66)105-53/h14-59,65-93,96H,1-13,63-64H2,(H,94,95)(H,100,101)(H2,97,98,99)/t14-,15-,16+,17+,18+,19+,20-,21-,22+,23+,24+,25+,26+,27+,28+,29+,30-,31-,32-,33-,34-,35-,36-,37-,38+,39+,40-,41-,42-,43+,44+,45+,46+,47+,48+,49+,50-,51+,52-,53-,54+,55-,56-,57+,58-,59+,61+,62+/m0/s1. The van der Waals surface area contributed by atoms with Crippen LogP contribution in [0.4, 0.5) is 0 Å². The van der Waals surface area contributed by atoms with Gasteiger partial charge < -0.3 is 265 Å². The molecule has 0 bridgehead atoms. The number of nitrogens with two attached hydrogens (primary N) is 2. The first-order valence-corrected chi connectivity index (χ1v) is 40.8. The lowest BCUT2D eigenvalue weighted by molar-refractivity contribution is -0.421. The predicted octanol–water partition coefficient (Wildman–Crippen LogP) is -23.2. The van der Waals surface area contributed by atoms with Crippen LogP contribution >= 0.6 is 15.6 Å². The molecule has 9 saturated heterocycles. The maximum absolute atomic E-state index is 13.5. The monoisotopic (exact) mass is 1860 g/mol. The topological polar surface area (TPSA) is 976 Å². The minimum absolute atomic E-state index is 0.565. The largest absolute Gasteiger partial charge is 0.477 e. The van der Waals surface area contributed by atoms with Crippen molar-refractivity contribution >= 4 is 21.6 Å². The predicted molar refractivity (Wildman–Crippen MR) is 369 cm³/mol. The fourth-order valence-electron chi connectivity index (χ4n) is 14.9. The number of ether oxygens (including phenoxy) is 17. The number of phosphoric ester groups is 2. The molecule has 61 heteroatoms. The molecule has 123 heavy (non-hydrogen) atoms. The first kappa shape index (κ1) is 104. The van der Waals surface area contributed by atoms with Crippen molar-refractivity contribution in [2.24, 2.45) is 11.5 Å². The van der Waals surface area contributed by atoms with E-state index in [9.17, 15) is 187 Å². The molecular formula is C62H110N2O57P2. The van der Waals surface area contributed by atoms with Crippen molar-refractivity contribution in [2.75, 3.05) is 79.2 Å². The van der Waals surface area contributed by atoms with E-state index in [0.717, 1.165) is 0 Å². The van der Waals surface area contributed by atoms with Crippen LogP contribution in [0.5, 0.6) is 0 Å². The Kier molecular flexibility index (Phi) is 37.4. The number of carboxylic acid groups (broad SMARTS) is 1. The molecule has 0 aromatic rings. The van der Waals surface area contributed by atoms with Gasteiger partial charge in [0, 0.05) is 13.0 Å². The summed E-state index contributed by atoms with van der Waals surface area (Å²) >= 11 is 0. The molecule has 0 aromatic heterocycles. The van der Waals surface area contributed by atoms with E-state index >= 15 is 0 Å². The quantitative estimate of drug-likeness (QED) is 0.0254. The van der Waals surface area contributed by atoms with Crippen LogP contribution in [0.25, 0.3) is 0 Å². The Morgan fingerprint density at radius 3 is 1.41 bits per heavy atom. The van der Waals surface area contributed by atoms with Gasteiger partial charge >= 0.3 is 21.6 Å². The van der Waals surface area contributed by atoms with Crippen LogP contribution in [0, 0.1) is 0 Å². The van der Waals surface area contributed by atoms with Gasteiger partial charge in [-0.3, -0.25) is 13.6 Å². The van der Waals surface area contributed by atoms with E-state index in [2.05, 4.69) is 0 Å². The average Bonchev–Trinajstić information content (AvgIpc) is 1.13. The van der Waals surface area contributed by atoms with Gasteiger partial charge in [-0.1, -0.05) is 0 Å². The van der Waals surface area contributed by atoms with E-state index in [1.54, 1.807) is 0 Å². The van der Waals surface area contributed by atoms with E-state index in [0.29, 0.717) is 0 Å².